The van der Waals surface area contributed by atoms with Gasteiger partial charge in [-0.3, -0.25) is 14.5 Å². The molecule has 146 valence electrons. The van der Waals surface area contributed by atoms with Crippen molar-refractivity contribution in [1.29, 1.82) is 0 Å². The number of aromatic amines is 2. The van der Waals surface area contributed by atoms with Gasteiger partial charge in [-0.05, 0) is 25.5 Å². The predicted octanol–water partition coefficient (Wildman–Crippen LogP) is 0.703. The molecule has 11 heteroatoms. The molecule has 0 bridgehead atoms. The maximum absolute atomic E-state index is 11.8. The summed E-state index contributed by atoms with van der Waals surface area (Å²) in [6.07, 6.45) is 6.61. The van der Waals surface area contributed by atoms with E-state index in [2.05, 4.69) is 31.4 Å². The summed E-state index contributed by atoms with van der Waals surface area (Å²) in [5, 5.41) is 8.05. The van der Waals surface area contributed by atoms with Gasteiger partial charge >= 0.3 is 5.69 Å². The fraction of sp³-hybridized carbons (Fsp3) is 0.375. The Morgan fingerprint density at radius 2 is 2.07 bits per heavy atom. The number of aryl methyl sites for hydroxylation is 3. The summed E-state index contributed by atoms with van der Waals surface area (Å²) >= 11 is 0. The summed E-state index contributed by atoms with van der Waals surface area (Å²) in [6.45, 7) is 3.28. The number of H-pyrrole nitrogens is 2. The molecule has 0 fully saturated rings. The van der Waals surface area contributed by atoms with E-state index in [4.69, 9.17) is 0 Å². The highest BCUT2D eigenvalue weighted by molar-refractivity contribution is 5.85. The van der Waals surface area contributed by atoms with E-state index in [9.17, 15) is 9.59 Å². The molecule has 0 saturated heterocycles. The lowest BCUT2D eigenvalue weighted by Gasteiger charge is -2.06. The van der Waals surface area contributed by atoms with Crippen LogP contribution in [0.5, 0.6) is 0 Å². The summed E-state index contributed by atoms with van der Waals surface area (Å²) in [4.78, 5) is 32.1. The second-order valence-electron chi connectivity index (χ2n) is 6.07. The molecule has 0 atom stereocenters. The molecule has 0 unspecified atom stereocenters. The zero-order valence-electron chi connectivity index (χ0n) is 14.5. The van der Waals surface area contributed by atoms with Crippen molar-refractivity contribution in [2.45, 2.75) is 32.5 Å². The fourth-order valence-electron chi connectivity index (χ4n) is 3.06. The third-order valence-corrected chi connectivity index (χ3v) is 4.36. The quantitative estimate of drug-likeness (QED) is 0.582. The Balaban J connectivity index is 0.00000131. The van der Waals surface area contributed by atoms with Crippen LogP contribution in [-0.4, -0.2) is 35.8 Å². The van der Waals surface area contributed by atoms with E-state index in [1.54, 1.807) is 6.20 Å². The van der Waals surface area contributed by atoms with Crippen molar-refractivity contribution in [3.05, 3.63) is 56.8 Å². The number of hydrogen-bond donors (Lipinski definition) is 3. The van der Waals surface area contributed by atoms with Gasteiger partial charge in [-0.15, -0.1) is 24.8 Å². The monoisotopic (exact) mass is 413 g/mol. The second-order valence-corrected chi connectivity index (χ2v) is 6.07. The molecular weight excluding hydrogens is 393 g/mol. The first kappa shape index (κ1) is 20.9. The summed E-state index contributed by atoms with van der Waals surface area (Å²) in [5.41, 5.74) is 1.66. The Morgan fingerprint density at radius 1 is 1.22 bits per heavy atom. The van der Waals surface area contributed by atoms with Gasteiger partial charge in [-0.1, -0.05) is 0 Å². The van der Waals surface area contributed by atoms with Gasteiger partial charge in [0.1, 0.15) is 5.69 Å². The highest BCUT2D eigenvalue weighted by atomic mass is 35.5. The molecule has 3 aromatic rings. The van der Waals surface area contributed by atoms with Crippen molar-refractivity contribution >= 4 is 24.8 Å². The van der Waals surface area contributed by atoms with Gasteiger partial charge in [-0.2, -0.15) is 5.10 Å². The molecule has 0 radical (unpaired) electrons. The zero-order chi connectivity index (χ0) is 17.2. The topological polar surface area (TPSA) is 113 Å². The molecule has 1 aliphatic heterocycles. The SMILES string of the molecule is Cl.Cl.O=c1[nH]cc(CCn2ccnc2-c2cc3n(n2)CCCNC3)c(=O)[nH]1. The minimum atomic E-state index is -0.495. The number of rotatable bonds is 4. The smallest absolute Gasteiger partial charge is 0.325 e. The van der Waals surface area contributed by atoms with Crippen molar-refractivity contribution in [3.8, 4) is 11.5 Å². The van der Waals surface area contributed by atoms with Gasteiger partial charge in [0, 0.05) is 43.8 Å². The summed E-state index contributed by atoms with van der Waals surface area (Å²) in [7, 11) is 0. The molecule has 3 aromatic heterocycles. The van der Waals surface area contributed by atoms with Crippen LogP contribution >= 0.6 is 24.8 Å². The van der Waals surface area contributed by atoms with Crippen molar-refractivity contribution in [2.75, 3.05) is 6.54 Å². The van der Waals surface area contributed by atoms with Crippen molar-refractivity contribution < 1.29 is 0 Å². The summed E-state index contributed by atoms with van der Waals surface area (Å²) < 4.78 is 4.00. The van der Waals surface area contributed by atoms with Crippen LogP contribution in [0.2, 0.25) is 0 Å². The van der Waals surface area contributed by atoms with Crippen LogP contribution < -0.4 is 16.6 Å². The normalized spacial score (nSPS) is 13.2. The lowest BCUT2D eigenvalue weighted by Crippen LogP contribution is -2.25. The van der Waals surface area contributed by atoms with Crippen LogP contribution in [0, 0.1) is 0 Å². The molecule has 1 aliphatic rings. The van der Waals surface area contributed by atoms with E-state index in [0.29, 0.717) is 18.5 Å². The molecule has 3 N–H and O–H groups in total. The number of aromatic nitrogens is 6. The maximum atomic E-state index is 11.8. The van der Waals surface area contributed by atoms with E-state index in [-0.39, 0.29) is 30.4 Å². The molecule has 9 nitrogen and oxygen atoms in total. The van der Waals surface area contributed by atoms with E-state index >= 15 is 0 Å². The first-order valence-corrected chi connectivity index (χ1v) is 8.30. The van der Waals surface area contributed by atoms with Crippen molar-refractivity contribution in [2.24, 2.45) is 0 Å². The Morgan fingerprint density at radius 3 is 2.89 bits per heavy atom. The number of hydrogen-bond acceptors (Lipinski definition) is 5. The summed E-state index contributed by atoms with van der Waals surface area (Å²) in [5.74, 6) is 0.779. The van der Waals surface area contributed by atoms with Gasteiger partial charge < -0.3 is 14.9 Å². The Hall–Kier alpha value is -2.36. The van der Waals surface area contributed by atoms with Gasteiger partial charge in [0.05, 0.1) is 5.69 Å². The second kappa shape index (κ2) is 9.03. The molecule has 0 amide bonds. The van der Waals surface area contributed by atoms with Crippen LogP contribution in [0.15, 0.2) is 34.2 Å². The third kappa shape index (κ3) is 4.49. The van der Waals surface area contributed by atoms with Crippen molar-refractivity contribution in [1.82, 2.24) is 34.6 Å². The Labute approximate surface area is 167 Å². The first-order chi connectivity index (χ1) is 12.2. The van der Waals surface area contributed by atoms with E-state index < -0.39 is 5.69 Å². The van der Waals surface area contributed by atoms with E-state index in [1.165, 1.54) is 6.20 Å². The lowest BCUT2D eigenvalue weighted by molar-refractivity contribution is 0.587. The van der Waals surface area contributed by atoms with Gasteiger partial charge in [0.2, 0.25) is 0 Å². The minimum absolute atomic E-state index is 0. The average Bonchev–Trinajstić information content (AvgIpc) is 3.16. The largest absolute Gasteiger partial charge is 0.329 e. The van der Waals surface area contributed by atoms with Crippen LogP contribution in [0.3, 0.4) is 0 Å². The minimum Gasteiger partial charge on any atom is -0.329 e. The molecule has 0 aromatic carbocycles. The van der Waals surface area contributed by atoms with Gasteiger partial charge in [-0.25, -0.2) is 9.78 Å². The summed E-state index contributed by atoms with van der Waals surface area (Å²) in [6, 6.07) is 2.06. The van der Waals surface area contributed by atoms with E-state index in [0.717, 1.165) is 43.3 Å². The van der Waals surface area contributed by atoms with Crippen LogP contribution in [0.1, 0.15) is 17.7 Å². The Kier molecular flexibility index (Phi) is 7.00. The molecule has 27 heavy (non-hydrogen) atoms. The van der Waals surface area contributed by atoms with Crippen LogP contribution in [0.25, 0.3) is 11.5 Å². The van der Waals surface area contributed by atoms with Gasteiger partial charge in [0.25, 0.3) is 5.56 Å². The third-order valence-electron chi connectivity index (χ3n) is 4.36. The number of nitrogens with zero attached hydrogens (tertiary/aromatic N) is 4. The fourth-order valence-corrected chi connectivity index (χ4v) is 3.06. The van der Waals surface area contributed by atoms with Crippen LogP contribution in [-0.2, 0) is 26.1 Å². The first-order valence-electron chi connectivity index (χ1n) is 8.30. The Bertz CT molecular complexity index is 981. The number of fused-ring (bicyclic) bond motifs is 1. The standard InChI is InChI=1S/C16H19N7O2.2ClH/c24-15-11(9-19-16(25)20-15)2-6-22-7-4-18-14(22)13-8-12-10-17-3-1-5-23(12)21-13;;/h4,7-9,17H,1-3,5-6,10H2,(H2,19,20,24,25);2*1H. The molecule has 4 rings (SSSR count). The van der Waals surface area contributed by atoms with Crippen LogP contribution in [0.4, 0.5) is 0 Å². The number of nitrogens with one attached hydrogen (secondary N) is 3. The molecule has 0 aliphatic carbocycles. The molecule has 0 spiro atoms. The average molecular weight is 414 g/mol. The highest BCUT2D eigenvalue weighted by Gasteiger charge is 2.15. The predicted molar refractivity (Wildman–Crippen MR) is 106 cm³/mol. The highest BCUT2D eigenvalue weighted by Crippen LogP contribution is 2.19. The number of imidazole rings is 1. The molecule has 4 heterocycles. The van der Waals surface area contributed by atoms with E-state index in [1.807, 2.05) is 15.4 Å². The maximum Gasteiger partial charge on any atom is 0.325 e. The number of halogens is 2. The molecule has 0 saturated carbocycles. The zero-order valence-corrected chi connectivity index (χ0v) is 16.1. The van der Waals surface area contributed by atoms with Gasteiger partial charge in [0.15, 0.2) is 5.82 Å². The lowest BCUT2D eigenvalue weighted by atomic mass is 10.2. The van der Waals surface area contributed by atoms with Crippen molar-refractivity contribution in [3.63, 3.8) is 0 Å². The molecular formula is C16H21Cl2N7O2.